The van der Waals surface area contributed by atoms with Gasteiger partial charge in [0.2, 0.25) is 0 Å². The molecule has 0 atom stereocenters. The Bertz CT molecular complexity index is 627. The van der Waals surface area contributed by atoms with Crippen molar-refractivity contribution in [3.63, 3.8) is 0 Å². The predicted octanol–water partition coefficient (Wildman–Crippen LogP) is 3.02. The Morgan fingerprint density at radius 1 is 1.17 bits per heavy atom. The zero-order valence-corrected chi connectivity index (χ0v) is 14.6. The van der Waals surface area contributed by atoms with Gasteiger partial charge in [-0.05, 0) is 36.1 Å². The summed E-state index contributed by atoms with van der Waals surface area (Å²) in [7, 11) is 3.41. The minimum atomic E-state index is 0.608. The largest absolute Gasteiger partial charge is 0.493 e. The van der Waals surface area contributed by atoms with Crippen LogP contribution in [-0.4, -0.2) is 26.7 Å². The first-order valence-electron chi connectivity index (χ1n) is 7.53. The average molecular weight is 333 g/mol. The molecule has 2 rings (SSSR count). The lowest BCUT2D eigenvalue weighted by Gasteiger charge is -2.13. The van der Waals surface area contributed by atoms with Crippen LogP contribution in [0.15, 0.2) is 40.7 Å². The van der Waals surface area contributed by atoms with Crippen molar-refractivity contribution < 1.29 is 9.47 Å². The molecule has 23 heavy (non-hydrogen) atoms. The molecule has 0 radical (unpaired) electrons. The van der Waals surface area contributed by atoms with Gasteiger partial charge in [0.25, 0.3) is 0 Å². The fourth-order valence-electron chi connectivity index (χ4n) is 2.09. The number of hydrogen-bond acceptors (Lipinski definition) is 4. The van der Waals surface area contributed by atoms with Gasteiger partial charge in [0.15, 0.2) is 17.5 Å². The van der Waals surface area contributed by atoms with E-state index in [9.17, 15) is 0 Å². The van der Waals surface area contributed by atoms with Crippen molar-refractivity contribution in [3.05, 3.63) is 46.2 Å². The third-order valence-corrected chi connectivity index (χ3v) is 4.10. The lowest BCUT2D eigenvalue weighted by molar-refractivity contribution is 0.310. The fraction of sp³-hybridized carbons (Fsp3) is 0.353. The van der Waals surface area contributed by atoms with Crippen molar-refractivity contribution >= 4 is 17.3 Å². The van der Waals surface area contributed by atoms with Crippen molar-refractivity contribution in [1.82, 2.24) is 10.6 Å². The molecule has 124 valence electrons. The highest BCUT2D eigenvalue weighted by atomic mass is 32.1. The van der Waals surface area contributed by atoms with E-state index in [2.05, 4.69) is 27.1 Å². The SMILES string of the molecule is CCOc1cc(CNC(=NC)NCc2cccs2)ccc1OC. The summed E-state index contributed by atoms with van der Waals surface area (Å²) in [6, 6.07) is 10.1. The van der Waals surface area contributed by atoms with Crippen LogP contribution < -0.4 is 20.1 Å². The van der Waals surface area contributed by atoms with Crippen LogP contribution >= 0.6 is 11.3 Å². The number of benzene rings is 1. The normalized spacial score (nSPS) is 11.2. The number of hydrogen-bond donors (Lipinski definition) is 2. The van der Waals surface area contributed by atoms with Crippen molar-refractivity contribution in [2.75, 3.05) is 20.8 Å². The monoisotopic (exact) mass is 333 g/mol. The molecule has 0 aliphatic heterocycles. The molecule has 1 aromatic heterocycles. The summed E-state index contributed by atoms with van der Waals surface area (Å²) in [4.78, 5) is 5.51. The smallest absolute Gasteiger partial charge is 0.191 e. The first-order valence-corrected chi connectivity index (χ1v) is 8.41. The van der Waals surface area contributed by atoms with Crippen LogP contribution in [0.5, 0.6) is 11.5 Å². The maximum Gasteiger partial charge on any atom is 0.191 e. The Kier molecular flexibility index (Phi) is 6.75. The van der Waals surface area contributed by atoms with E-state index in [0.717, 1.165) is 29.6 Å². The Hall–Kier alpha value is -2.21. The molecule has 0 fully saturated rings. The number of guanidine groups is 1. The van der Waals surface area contributed by atoms with Crippen molar-refractivity contribution in [2.45, 2.75) is 20.0 Å². The van der Waals surface area contributed by atoms with Gasteiger partial charge >= 0.3 is 0 Å². The molecule has 0 spiro atoms. The highest BCUT2D eigenvalue weighted by Gasteiger charge is 2.06. The molecule has 1 heterocycles. The molecule has 0 aliphatic rings. The molecule has 0 saturated carbocycles. The van der Waals surface area contributed by atoms with Crippen LogP contribution in [0.3, 0.4) is 0 Å². The third kappa shape index (κ3) is 5.17. The average Bonchev–Trinajstić information content (AvgIpc) is 3.09. The van der Waals surface area contributed by atoms with Gasteiger partial charge in [0, 0.05) is 18.5 Å². The van der Waals surface area contributed by atoms with Crippen LogP contribution in [0.2, 0.25) is 0 Å². The molecule has 1 aromatic carbocycles. The number of ether oxygens (including phenoxy) is 2. The van der Waals surface area contributed by atoms with Gasteiger partial charge in [0.1, 0.15) is 0 Å². The van der Waals surface area contributed by atoms with Crippen LogP contribution in [0.4, 0.5) is 0 Å². The summed E-state index contributed by atoms with van der Waals surface area (Å²) >= 11 is 1.73. The molecule has 5 nitrogen and oxygen atoms in total. The lowest BCUT2D eigenvalue weighted by Crippen LogP contribution is -2.36. The van der Waals surface area contributed by atoms with E-state index in [-0.39, 0.29) is 0 Å². The summed E-state index contributed by atoms with van der Waals surface area (Å²) in [6.45, 7) is 4.00. The van der Waals surface area contributed by atoms with Crippen molar-refractivity contribution in [3.8, 4) is 11.5 Å². The molecule has 0 unspecified atom stereocenters. The Morgan fingerprint density at radius 2 is 2.00 bits per heavy atom. The first-order chi connectivity index (χ1) is 11.3. The minimum Gasteiger partial charge on any atom is -0.493 e. The Balaban J connectivity index is 1.91. The molecular formula is C17H23N3O2S. The van der Waals surface area contributed by atoms with E-state index in [0.29, 0.717) is 13.2 Å². The first kappa shape index (κ1) is 17.1. The predicted molar refractivity (Wildman–Crippen MR) is 95.5 cm³/mol. The highest BCUT2D eigenvalue weighted by molar-refractivity contribution is 7.09. The second-order valence-electron chi connectivity index (χ2n) is 4.78. The minimum absolute atomic E-state index is 0.608. The standard InChI is InChI=1S/C17H23N3O2S/c1-4-22-16-10-13(7-8-15(16)21-3)11-19-17(18-2)20-12-14-6-5-9-23-14/h5-10H,4,11-12H2,1-3H3,(H2,18,19,20). The summed E-state index contributed by atoms with van der Waals surface area (Å²) in [5.41, 5.74) is 1.10. The molecule has 2 N–H and O–H groups in total. The van der Waals surface area contributed by atoms with E-state index in [1.54, 1.807) is 25.5 Å². The van der Waals surface area contributed by atoms with Crippen LogP contribution in [-0.2, 0) is 13.1 Å². The summed E-state index contributed by atoms with van der Waals surface area (Å²) in [5, 5.41) is 8.67. The second kappa shape index (κ2) is 9.05. The summed E-state index contributed by atoms with van der Waals surface area (Å²) in [5.74, 6) is 2.28. The van der Waals surface area contributed by atoms with Crippen LogP contribution in [0.1, 0.15) is 17.4 Å². The molecule has 0 amide bonds. The van der Waals surface area contributed by atoms with Gasteiger partial charge in [-0.1, -0.05) is 12.1 Å². The van der Waals surface area contributed by atoms with Crippen LogP contribution in [0.25, 0.3) is 0 Å². The van der Waals surface area contributed by atoms with E-state index < -0.39 is 0 Å². The van der Waals surface area contributed by atoms with Gasteiger partial charge in [-0.25, -0.2) is 0 Å². The number of nitrogens with zero attached hydrogens (tertiary/aromatic N) is 1. The van der Waals surface area contributed by atoms with Gasteiger partial charge in [-0.15, -0.1) is 11.3 Å². The van der Waals surface area contributed by atoms with Crippen molar-refractivity contribution in [1.29, 1.82) is 0 Å². The van der Waals surface area contributed by atoms with Gasteiger partial charge in [-0.3, -0.25) is 4.99 Å². The highest BCUT2D eigenvalue weighted by Crippen LogP contribution is 2.27. The zero-order valence-electron chi connectivity index (χ0n) is 13.8. The molecule has 0 aliphatic carbocycles. The van der Waals surface area contributed by atoms with E-state index in [4.69, 9.17) is 9.47 Å². The van der Waals surface area contributed by atoms with E-state index in [1.165, 1.54) is 4.88 Å². The Labute approximate surface area is 141 Å². The molecule has 0 saturated heterocycles. The third-order valence-electron chi connectivity index (χ3n) is 3.22. The number of aliphatic imine (C=N–C) groups is 1. The molecule has 2 aromatic rings. The molecule has 0 bridgehead atoms. The van der Waals surface area contributed by atoms with Gasteiger partial charge in [0.05, 0.1) is 20.3 Å². The van der Waals surface area contributed by atoms with E-state index in [1.807, 2.05) is 31.2 Å². The number of nitrogens with one attached hydrogen (secondary N) is 2. The maximum atomic E-state index is 5.60. The maximum absolute atomic E-state index is 5.60. The van der Waals surface area contributed by atoms with Gasteiger partial charge in [-0.2, -0.15) is 0 Å². The summed E-state index contributed by atoms with van der Waals surface area (Å²) in [6.07, 6.45) is 0. The quantitative estimate of drug-likeness (QED) is 0.604. The zero-order chi connectivity index (χ0) is 16.5. The Morgan fingerprint density at radius 3 is 2.65 bits per heavy atom. The fourth-order valence-corrected chi connectivity index (χ4v) is 2.73. The van der Waals surface area contributed by atoms with Crippen LogP contribution in [0, 0.1) is 0 Å². The second-order valence-corrected chi connectivity index (χ2v) is 5.81. The number of methoxy groups -OCH3 is 1. The lowest BCUT2D eigenvalue weighted by atomic mass is 10.2. The molecule has 6 heteroatoms. The van der Waals surface area contributed by atoms with Crippen molar-refractivity contribution in [2.24, 2.45) is 4.99 Å². The topological polar surface area (TPSA) is 54.9 Å². The summed E-state index contributed by atoms with van der Waals surface area (Å²) < 4.78 is 10.9. The number of thiophene rings is 1. The molecular weight excluding hydrogens is 310 g/mol. The van der Waals surface area contributed by atoms with E-state index >= 15 is 0 Å². The van der Waals surface area contributed by atoms with Gasteiger partial charge < -0.3 is 20.1 Å². The number of rotatable bonds is 7.